The molecule has 0 saturated heterocycles. The number of benzene rings is 1. The van der Waals surface area contributed by atoms with Crippen molar-refractivity contribution in [3.63, 3.8) is 0 Å². The lowest BCUT2D eigenvalue weighted by Crippen LogP contribution is -2.20. The molecule has 1 atom stereocenters. The van der Waals surface area contributed by atoms with Gasteiger partial charge >= 0.3 is 0 Å². The van der Waals surface area contributed by atoms with E-state index < -0.39 is 0 Å². The molecule has 1 rings (SSSR count). The Morgan fingerprint density at radius 2 is 1.79 bits per heavy atom. The molecule has 0 aliphatic heterocycles. The van der Waals surface area contributed by atoms with Crippen LogP contribution in [0.15, 0.2) is 24.3 Å². The zero-order valence-electron chi connectivity index (χ0n) is 12.9. The van der Waals surface area contributed by atoms with E-state index >= 15 is 0 Å². The van der Waals surface area contributed by atoms with Crippen LogP contribution in [0, 0.1) is 5.92 Å². The zero-order chi connectivity index (χ0) is 14.1. The maximum Gasteiger partial charge on any atom is 0.0723 e. The highest BCUT2D eigenvalue weighted by Gasteiger charge is 2.05. The van der Waals surface area contributed by atoms with Crippen molar-refractivity contribution in [2.24, 2.45) is 5.92 Å². The van der Waals surface area contributed by atoms with Gasteiger partial charge in [0.25, 0.3) is 0 Å². The molecule has 1 N–H and O–H groups in total. The molecule has 19 heavy (non-hydrogen) atoms. The van der Waals surface area contributed by atoms with Gasteiger partial charge in [0.15, 0.2) is 0 Å². The van der Waals surface area contributed by atoms with E-state index in [0.717, 1.165) is 26.1 Å². The largest absolute Gasteiger partial charge is 0.374 e. The van der Waals surface area contributed by atoms with Gasteiger partial charge in [-0.3, -0.25) is 0 Å². The summed E-state index contributed by atoms with van der Waals surface area (Å²) in [6, 6.07) is 8.56. The van der Waals surface area contributed by atoms with E-state index in [1.807, 2.05) is 0 Å². The van der Waals surface area contributed by atoms with E-state index in [4.69, 9.17) is 4.74 Å². The third-order valence-electron chi connectivity index (χ3n) is 3.20. The topological polar surface area (TPSA) is 21.3 Å². The highest BCUT2D eigenvalue weighted by atomic mass is 16.5. The second kappa shape index (κ2) is 9.11. The Morgan fingerprint density at radius 3 is 2.42 bits per heavy atom. The number of hydrogen-bond acceptors (Lipinski definition) is 2. The fourth-order valence-electron chi connectivity index (χ4n) is 2.09. The molecule has 108 valence electrons. The first-order chi connectivity index (χ1) is 9.13. The van der Waals surface area contributed by atoms with Crippen molar-refractivity contribution in [3.8, 4) is 0 Å². The highest BCUT2D eigenvalue weighted by Crippen LogP contribution is 2.12. The third kappa shape index (κ3) is 6.74. The zero-order valence-corrected chi connectivity index (χ0v) is 12.9. The molecule has 0 bridgehead atoms. The first kappa shape index (κ1) is 16.2. The van der Waals surface area contributed by atoms with Crippen LogP contribution in [0.5, 0.6) is 0 Å². The van der Waals surface area contributed by atoms with Crippen LogP contribution in [0.4, 0.5) is 0 Å². The van der Waals surface area contributed by atoms with Gasteiger partial charge in [0.1, 0.15) is 0 Å². The Hall–Kier alpha value is -0.860. The van der Waals surface area contributed by atoms with Gasteiger partial charge < -0.3 is 10.1 Å². The van der Waals surface area contributed by atoms with Crippen LogP contribution in [0.1, 0.15) is 51.7 Å². The van der Waals surface area contributed by atoms with Crippen LogP contribution >= 0.6 is 0 Å². The van der Waals surface area contributed by atoms with E-state index in [0.29, 0.717) is 12.0 Å². The molecule has 0 fully saturated rings. The molecular weight excluding hydrogens is 234 g/mol. The van der Waals surface area contributed by atoms with Gasteiger partial charge in [0, 0.05) is 6.54 Å². The minimum Gasteiger partial charge on any atom is -0.374 e. The second-order valence-corrected chi connectivity index (χ2v) is 5.70. The van der Waals surface area contributed by atoms with Crippen LogP contribution in [0.25, 0.3) is 0 Å². The molecule has 0 radical (unpaired) electrons. The minimum atomic E-state index is 0.349. The second-order valence-electron chi connectivity index (χ2n) is 5.70. The van der Waals surface area contributed by atoms with Crippen LogP contribution in [-0.4, -0.2) is 12.6 Å². The van der Waals surface area contributed by atoms with Crippen LogP contribution in [0.3, 0.4) is 0 Å². The molecule has 2 nitrogen and oxygen atoms in total. The van der Waals surface area contributed by atoms with E-state index in [1.165, 1.54) is 17.5 Å². The number of nitrogens with one attached hydrogen (secondary N) is 1. The lowest BCUT2D eigenvalue weighted by atomic mass is 10.1. The summed E-state index contributed by atoms with van der Waals surface area (Å²) in [5, 5.41) is 3.50. The van der Waals surface area contributed by atoms with Gasteiger partial charge in [-0.25, -0.2) is 0 Å². The van der Waals surface area contributed by atoms with Crippen molar-refractivity contribution in [3.05, 3.63) is 35.4 Å². The van der Waals surface area contributed by atoms with Gasteiger partial charge in [-0.2, -0.15) is 0 Å². The average molecular weight is 263 g/mol. The first-order valence-corrected chi connectivity index (χ1v) is 7.52. The monoisotopic (exact) mass is 263 g/mol. The molecular formula is C17H29NO. The molecule has 0 aromatic heterocycles. The molecule has 1 unspecified atom stereocenters. The van der Waals surface area contributed by atoms with Gasteiger partial charge in [-0.05, 0) is 36.9 Å². The number of ether oxygens (including phenoxy) is 1. The number of rotatable bonds is 9. The van der Waals surface area contributed by atoms with Crippen molar-refractivity contribution in [1.29, 1.82) is 0 Å². The van der Waals surface area contributed by atoms with Crippen molar-refractivity contribution in [1.82, 2.24) is 5.32 Å². The van der Waals surface area contributed by atoms with Gasteiger partial charge in [-0.1, -0.05) is 51.5 Å². The van der Waals surface area contributed by atoms with E-state index in [2.05, 4.69) is 57.3 Å². The average Bonchev–Trinajstić information content (AvgIpc) is 2.37. The Balaban J connectivity index is 2.48. The summed E-state index contributed by atoms with van der Waals surface area (Å²) >= 11 is 0. The Bertz CT molecular complexity index is 349. The third-order valence-corrected chi connectivity index (χ3v) is 3.20. The van der Waals surface area contributed by atoms with Crippen molar-refractivity contribution < 1.29 is 4.74 Å². The quantitative estimate of drug-likeness (QED) is 0.723. The smallest absolute Gasteiger partial charge is 0.0723 e. The fraction of sp³-hybridized carbons (Fsp3) is 0.647. The molecule has 0 heterocycles. The predicted molar refractivity (Wildman–Crippen MR) is 82.1 cm³/mol. The molecule has 2 heteroatoms. The van der Waals surface area contributed by atoms with Gasteiger partial charge in [0.05, 0.1) is 12.7 Å². The van der Waals surface area contributed by atoms with Crippen molar-refractivity contribution >= 4 is 0 Å². The summed E-state index contributed by atoms with van der Waals surface area (Å²) < 4.78 is 5.91. The normalized spacial score (nSPS) is 12.9. The standard InChI is InChI=1S/C17H29NO/c1-5-8-15(4)19-13-17-10-7-6-9-16(17)12-18-11-14(2)3/h6-7,9-10,14-15,18H,5,8,11-13H2,1-4H3. The van der Waals surface area contributed by atoms with Crippen LogP contribution in [-0.2, 0) is 17.9 Å². The van der Waals surface area contributed by atoms with Crippen LogP contribution in [0.2, 0.25) is 0 Å². The summed E-state index contributed by atoms with van der Waals surface area (Å²) in [4.78, 5) is 0. The van der Waals surface area contributed by atoms with Crippen LogP contribution < -0.4 is 5.32 Å². The summed E-state index contributed by atoms with van der Waals surface area (Å²) in [7, 11) is 0. The summed E-state index contributed by atoms with van der Waals surface area (Å²) in [6.07, 6.45) is 2.66. The Kier molecular flexibility index (Phi) is 7.76. The Morgan fingerprint density at radius 1 is 1.11 bits per heavy atom. The maximum absolute atomic E-state index is 5.91. The fourth-order valence-corrected chi connectivity index (χ4v) is 2.09. The van der Waals surface area contributed by atoms with E-state index in [9.17, 15) is 0 Å². The first-order valence-electron chi connectivity index (χ1n) is 7.52. The highest BCUT2D eigenvalue weighted by molar-refractivity contribution is 5.26. The molecule has 0 saturated carbocycles. The summed E-state index contributed by atoms with van der Waals surface area (Å²) in [5.41, 5.74) is 2.66. The summed E-state index contributed by atoms with van der Waals surface area (Å²) in [6.45, 7) is 11.5. The molecule has 0 amide bonds. The predicted octanol–water partition coefficient (Wildman–Crippen LogP) is 4.14. The lowest BCUT2D eigenvalue weighted by Gasteiger charge is -2.15. The molecule has 1 aromatic carbocycles. The molecule has 0 spiro atoms. The number of hydrogen-bond donors (Lipinski definition) is 1. The van der Waals surface area contributed by atoms with E-state index in [-0.39, 0.29) is 0 Å². The van der Waals surface area contributed by atoms with Gasteiger partial charge in [0.2, 0.25) is 0 Å². The molecule has 0 aliphatic carbocycles. The minimum absolute atomic E-state index is 0.349. The SMILES string of the molecule is CCCC(C)OCc1ccccc1CNCC(C)C. The van der Waals surface area contributed by atoms with E-state index in [1.54, 1.807) is 0 Å². The van der Waals surface area contributed by atoms with Crippen molar-refractivity contribution in [2.45, 2.75) is 59.8 Å². The van der Waals surface area contributed by atoms with Crippen molar-refractivity contribution in [2.75, 3.05) is 6.54 Å². The lowest BCUT2D eigenvalue weighted by molar-refractivity contribution is 0.0467. The molecule has 1 aromatic rings. The maximum atomic E-state index is 5.91. The van der Waals surface area contributed by atoms with Gasteiger partial charge in [-0.15, -0.1) is 0 Å². The Labute approximate surface area is 118 Å². The molecule has 0 aliphatic rings. The summed E-state index contributed by atoms with van der Waals surface area (Å²) in [5.74, 6) is 0.688.